The predicted octanol–water partition coefficient (Wildman–Crippen LogP) is 5.15. The van der Waals surface area contributed by atoms with Gasteiger partial charge >= 0.3 is 0 Å². The number of carbonyl (C=O) groups excluding carboxylic acids is 1. The lowest BCUT2D eigenvalue weighted by Crippen LogP contribution is -2.51. The summed E-state index contributed by atoms with van der Waals surface area (Å²) in [6.07, 6.45) is 1.90. The first kappa shape index (κ1) is 18.7. The number of benzene rings is 3. The number of halogens is 1. The predicted molar refractivity (Wildman–Crippen MR) is 124 cm³/mol. The molecule has 1 aromatic heterocycles. The maximum absolute atomic E-state index is 14.2. The average Bonchev–Trinajstić information content (AvgIpc) is 3.18. The molecule has 1 spiro atoms. The number of H-pyrrole nitrogens is 1. The van der Waals surface area contributed by atoms with Gasteiger partial charge in [-0.15, -0.1) is 0 Å². The quantitative estimate of drug-likeness (QED) is 0.465. The van der Waals surface area contributed by atoms with Gasteiger partial charge in [-0.25, -0.2) is 0 Å². The van der Waals surface area contributed by atoms with E-state index in [-0.39, 0.29) is 5.91 Å². The average molecular weight is 428 g/mol. The molecular formula is C26H22ClN3O. The molecule has 2 N–H and O–H groups in total. The molecule has 1 unspecified atom stereocenters. The topological polar surface area (TPSA) is 48.1 Å². The van der Waals surface area contributed by atoms with Crippen LogP contribution >= 0.6 is 11.6 Å². The molecule has 5 heteroatoms. The van der Waals surface area contributed by atoms with Crippen molar-refractivity contribution >= 4 is 34.1 Å². The molecule has 4 nitrogen and oxygen atoms in total. The monoisotopic (exact) mass is 427 g/mol. The van der Waals surface area contributed by atoms with E-state index in [2.05, 4.69) is 40.6 Å². The van der Waals surface area contributed by atoms with Crippen molar-refractivity contribution in [3.8, 4) is 0 Å². The van der Waals surface area contributed by atoms with Gasteiger partial charge in [0.05, 0.1) is 17.9 Å². The lowest BCUT2D eigenvalue weighted by atomic mass is 9.85. The van der Waals surface area contributed by atoms with Crippen LogP contribution in [0.3, 0.4) is 0 Å². The second-order valence-electron chi connectivity index (χ2n) is 8.34. The summed E-state index contributed by atoms with van der Waals surface area (Å²) < 4.78 is 0. The van der Waals surface area contributed by atoms with Crippen LogP contribution in [0.1, 0.15) is 28.8 Å². The molecule has 0 radical (unpaired) electrons. The second-order valence-corrected chi connectivity index (χ2v) is 8.78. The van der Waals surface area contributed by atoms with E-state index in [1.807, 2.05) is 47.4 Å². The minimum atomic E-state index is -0.958. The molecule has 0 saturated carbocycles. The summed E-state index contributed by atoms with van der Waals surface area (Å²) in [5, 5.41) is 5.47. The number of hydrogen-bond acceptors (Lipinski definition) is 2. The summed E-state index contributed by atoms with van der Waals surface area (Å²) in [5.74, 6) is 0.0447. The highest BCUT2D eigenvalue weighted by molar-refractivity contribution is 6.31. The number of anilines is 1. The van der Waals surface area contributed by atoms with E-state index < -0.39 is 5.54 Å². The van der Waals surface area contributed by atoms with Gasteiger partial charge in [0.25, 0.3) is 5.91 Å². The Labute approximate surface area is 185 Å². The van der Waals surface area contributed by atoms with E-state index >= 15 is 0 Å². The van der Waals surface area contributed by atoms with E-state index in [9.17, 15) is 4.79 Å². The zero-order valence-corrected chi connectivity index (χ0v) is 17.7. The van der Waals surface area contributed by atoms with E-state index in [4.69, 9.17) is 11.6 Å². The van der Waals surface area contributed by atoms with Gasteiger partial charge in [0, 0.05) is 21.5 Å². The zero-order chi connectivity index (χ0) is 21.0. The molecule has 6 rings (SSSR count). The van der Waals surface area contributed by atoms with Crippen LogP contribution in [0.5, 0.6) is 0 Å². The molecule has 4 aromatic rings. The Bertz CT molecular complexity index is 1310. The van der Waals surface area contributed by atoms with Gasteiger partial charge in [0.1, 0.15) is 0 Å². The molecular weight excluding hydrogens is 406 g/mol. The van der Waals surface area contributed by atoms with Crippen LogP contribution in [0.25, 0.3) is 10.9 Å². The second kappa shape index (κ2) is 6.98. The fourth-order valence-electron chi connectivity index (χ4n) is 5.22. The van der Waals surface area contributed by atoms with Crippen molar-refractivity contribution in [2.75, 3.05) is 11.4 Å². The molecule has 3 aromatic carbocycles. The number of nitrogens with one attached hydrogen (secondary N) is 2. The molecule has 1 amide bonds. The summed E-state index contributed by atoms with van der Waals surface area (Å²) in [7, 11) is 0. The van der Waals surface area contributed by atoms with Crippen LogP contribution in [0.15, 0.2) is 72.8 Å². The minimum Gasteiger partial charge on any atom is -0.356 e. The Morgan fingerprint density at radius 3 is 2.68 bits per heavy atom. The van der Waals surface area contributed by atoms with E-state index in [1.54, 1.807) is 0 Å². The normalized spacial score (nSPS) is 20.2. The Morgan fingerprint density at radius 1 is 1.00 bits per heavy atom. The lowest BCUT2D eigenvalue weighted by Gasteiger charge is -2.29. The molecule has 1 atom stereocenters. The number of amides is 1. The SMILES string of the molecule is O=C1N(Cc2ccccc2)c2ccc(Cl)cc2C12NCCCc1c2[nH]c2ccccc12. The Balaban J connectivity index is 1.60. The number of aryl methyl sites for hydroxylation is 1. The van der Waals surface area contributed by atoms with Gasteiger partial charge in [-0.2, -0.15) is 0 Å². The molecule has 0 aliphatic carbocycles. The van der Waals surface area contributed by atoms with Crippen molar-refractivity contribution in [2.24, 2.45) is 0 Å². The van der Waals surface area contributed by atoms with Crippen molar-refractivity contribution in [1.82, 2.24) is 10.3 Å². The highest BCUT2D eigenvalue weighted by atomic mass is 35.5. The van der Waals surface area contributed by atoms with Gasteiger partial charge in [0.15, 0.2) is 5.54 Å². The number of fused-ring (bicyclic) bond motifs is 6. The summed E-state index contributed by atoms with van der Waals surface area (Å²) in [4.78, 5) is 19.8. The van der Waals surface area contributed by atoms with Gasteiger partial charge in [-0.05, 0) is 54.8 Å². The molecule has 31 heavy (non-hydrogen) atoms. The molecule has 0 saturated heterocycles. The van der Waals surface area contributed by atoms with Gasteiger partial charge in [-0.1, -0.05) is 60.1 Å². The Hall–Kier alpha value is -3.08. The number of rotatable bonds is 2. The van der Waals surface area contributed by atoms with Crippen LogP contribution in [0.4, 0.5) is 5.69 Å². The molecule has 0 bridgehead atoms. The maximum Gasteiger partial charge on any atom is 0.258 e. The molecule has 0 fully saturated rings. The van der Waals surface area contributed by atoms with Crippen molar-refractivity contribution in [3.05, 3.63) is 100 Å². The van der Waals surface area contributed by atoms with Gasteiger partial charge in [0.2, 0.25) is 0 Å². The maximum atomic E-state index is 14.2. The first-order valence-corrected chi connectivity index (χ1v) is 11.1. The highest BCUT2D eigenvalue weighted by Crippen LogP contribution is 2.48. The number of hydrogen-bond donors (Lipinski definition) is 2. The fourth-order valence-corrected chi connectivity index (χ4v) is 5.39. The van der Waals surface area contributed by atoms with E-state index in [0.29, 0.717) is 11.6 Å². The largest absolute Gasteiger partial charge is 0.356 e. The van der Waals surface area contributed by atoms with Crippen LogP contribution in [0, 0.1) is 0 Å². The molecule has 3 heterocycles. The van der Waals surface area contributed by atoms with Crippen LogP contribution < -0.4 is 10.2 Å². The highest BCUT2D eigenvalue weighted by Gasteiger charge is 2.54. The van der Waals surface area contributed by atoms with Crippen molar-refractivity contribution < 1.29 is 4.79 Å². The number of aromatic nitrogens is 1. The van der Waals surface area contributed by atoms with Crippen molar-refractivity contribution in [1.29, 1.82) is 0 Å². The molecule has 2 aliphatic rings. The number of nitrogens with zero attached hydrogens (tertiary/aromatic N) is 1. The zero-order valence-electron chi connectivity index (χ0n) is 17.0. The summed E-state index contributed by atoms with van der Waals surface area (Å²) in [5.41, 5.74) is 5.22. The number of carbonyl (C=O) groups is 1. The van der Waals surface area contributed by atoms with Crippen molar-refractivity contribution in [3.63, 3.8) is 0 Å². The third kappa shape index (κ3) is 2.68. The number of para-hydroxylation sites is 1. The standard InChI is InChI=1S/C26H22ClN3O/c27-18-12-13-23-21(15-18)26(25(31)30(23)16-17-7-2-1-3-8-17)24-20(10-6-14-28-26)19-9-4-5-11-22(19)29-24/h1-5,7-9,11-13,15,28-29H,6,10,14,16H2. The molecule has 154 valence electrons. The van der Waals surface area contributed by atoms with E-state index in [0.717, 1.165) is 47.4 Å². The Morgan fingerprint density at radius 2 is 1.81 bits per heavy atom. The van der Waals surface area contributed by atoms with Gasteiger partial charge < -0.3 is 9.88 Å². The van der Waals surface area contributed by atoms with Crippen LogP contribution in [-0.2, 0) is 23.3 Å². The van der Waals surface area contributed by atoms with Crippen LogP contribution in [-0.4, -0.2) is 17.4 Å². The smallest absolute Gasteiger partial charge is 0.258 e. The minimum absolute atomic E-state index is 0.0447. The van der Waals surface area contributed by atoms with E-state index in [1.165, 1.54) is 10.9 Å². The summed E-state index contributed by atoms with van der Waals surface area (Å²) in [6, 6.07) is 24.2. The first-order valence-electron chi connectivity index (χ1n) is 10.7. The van der Waals surface area contributed by atoms with Gasteiger partial charge in [-0.3, -0.25) is 10.1 Å². The fraction of sp³-hybridized carbons (Fsp3) is 0.192. The van der Waals surface area contributed by atoms with Crippen LogP contribution in [0.2, 0.25) is 5.02 Å². The number of aromatic amines is 1. The third-order valence-electron chi connectivity index (χ3n) is 6.59. The van der Waals surface area contributed by atoms with Crippen molar-refractivity contribution in [2.45, 2.75) is 24.9 Å². The molecule has 2 aliphatic heterocycles. The lowest BCUT2D eigenvalue weighted by molar-refractivity contribution is -0.123. The third-order valence-corrected chi connectivity index (χ3v) is 6.82. The summed E-state index contributed by atoms with van der Waals surface area (Å²) in [6.45, 7) is 1.28. The summed E-state index contributed by atoms with van der Waals surface area (Å²) >= 11 is 6.46. The first-order chi connectivity index (χ1) is 15.2. The Kier molecular flexibility index (Phi) is 4.20.